The van der Waals surface area contributed by atoms with Gasteiger partial charge in [-0.05, 0) is 37.5 Å². The minimum atomic E-state index is 0.545. The van der Waals surface area contributed by atoms with Crippen LogP contribution in [0.5, 0.6) is 0 Å². The van der Waals surface area contributed by atoms with Gasteiger partial charge in [-0.25, -0.2) is 15.0 Å². The maximum Gasteiger partial charge on any atom is 0.213 e. The number of rotatable bonds is 5. The van der Waals surface area contributed by atoms with Gasteiger partial charge in [0.15, 0.2) is 0 Å². The first-order valence-corrected chi connectivity index (χ1v) is 7.94. The molecule has 0 unspecified atom stereocenters. The van der Waals surface area contributed by atoms with Crippen molar-refractivity contribution in [2.24, 2.45) is 0 Å². The molecule has 0 radical (unpaired) electrons. The summed E-state index contributed by atoms with van der Waals surface area (Å²) in [4.78, 5) is 13.0. The SMILES string of the molecule is Cc1ccc(N)cc1Nc1nccn1-c1cc(NC2CC2)ncn1. The Balaban J connectivity index is 1.63. The predicted octanol–water partition coefficient (Wildman–Crippen LogP) is 2.87. The molecule has 24 heavy (non-hydrogen) atoms. The van der Waals surface area contributed by atoms with Gasteiger partial charge in [-0.15, -0.1) is 0 Å². The highest BCUT2D eigenvalue weighted by molar-refractivity contribution is 5.65. The average molecular weight is 321 g/mol. The Kier molecular flexibility index (Phi) is 3.53. The summed E-state index contributed by atoms with van der Waals surface area (Å²) in [7, 11) is 0. The number of imidazole rings is 1. The molecule has 0 saturated heterocycles. The summed E-state index contributed by atoms with van der Waals surface area (Å²) in [5.74, 6) is 2.27. The molecule has 3 aromatic rings. The number of aryl methyl sites for hydroxylation is 1. The van der Waals surface area contributed by atoms with Crippen LogP contribution >= 0.6 is 0 Å². The van der Waals surface area contributed by atoms with Gasteiger partial charge in [-0.1, -0.05) is 6.07 Å². The molecule has 1 saturated carbocycles. The summed E-state index contributed by atoms with van der Waals surface area (Å²) < 4.78 is 1.89. The van der Waals surface area contributed by atoms with Crippen LogP contribution in [-0.4, -0.2) is 25.6 Å². The average Bonchev–Trinajstić information content (AvgIpc) is 3.26. The molecule has 0 atom stereocenters. The Hall–Kier alpha value is -3.09. The molecule has 0 spiro atoms. The number of aromatic nitrogens is 4. The van der Waals surface area contributed by atoms with Gasteiger partial charge in [-0.3, -0.25) is 4.57 Å². The molecule has 122 valence electrons. The number of nitrogens with one attached hydrogen (secondary N) is 2. The van der Waals surface area contributed by atoms with Gasteiger partial charge in [0.1, 0.15) is 18.0 Å². The zero-order valence-corrected chi connectivity index (χ0v) is 13.4. The van der Waals surface area contributed by atoms with Crippen molar-refractivity contribution in [3.8, 4) is 5.82 Å². The summed E-state index contributed by atoms with van der Waals surface area (Å²) in [6, 6.07) is 8.23. The van der Waals surface area contributed by atoms with Crippen molar-refractivity contribution in [3.05, 3.63) is 48.5 Å². The lowest BCUT2D eigenvalue weighted by molar-refractivity contribution is 0.970. The van der Waals surface area contributed by atoms with Crippen LogP contribution in [0.15, 0.2) is 43.0 Å². The van der Waals surface area contributed by atoms with E-state index in [1.807, 2.05) is 42.0 Å². The number of nitrogens with zero attached hydrogens (tertiary/aromatic N) is 4. The van der Waals surface area contributed by atoms with Crippen molar-refractivity contribution in [3.63, 3.8) is 0 Å². The van der Waals surface area contributed by atoms with E-state index in [-0.39, 0.29) is 0 Å². The van der Waals surface area contributed by atoms with E-state index in [9.17, 15) is 0 Å². The minimum absolute atomic E-state index is 0.545. The van der Waals surface area contributed by atoms with Gasteiger partial charge in [0.25, 0.3) is 0 Å². The zero-order valence-electron chi connectivity index (χ0n) is 13.4. The van der Waals surface area contributed by atoms with Crippen molar-refractivity contribution in [2.45, 2.75) is 25.8 Å². The number of nitrogen functional groups attached to an aromatic ring is 1. The van der Waals surface area contributed by atoms with E-state index in [0.29, 0.717) is 17.7 Å². The highest BCUT2D eigenvalue weighted by Gasteiger charge is 2.21. The van der Waals surface area contributed by atoms with Gasteiger partial charge in [0, 0.05) is 35.9 Å². The van der Waals surface area contributed by atoms with E-state index >= 15 is 0 Å². The predicted molar refractivity (Wildman–Crippen MR) is 94.7 cm³/mol. The Labute approximate surface area is 140 Å². The number of nitrogens with two attached hydrogens (primary N) is 1. The summed E-state index contributed by atoms with van der Waals surface area (Å²) >= 11 is 0. The fourth-order valence-corrected chi connectivity index (χ4v) is 2.47. The van der Waals surface area contributed by atoms with E-state index in [4.69, 9.17) is 5.73 Å². The van der Waals surface area contributed by atoms with E-state index in [2.05, 4.69) is 25.6 Å². The van der Waals surface area contributed by atoms with Gasteiger partial charge in [0.05, 0.1) is 0 Å². The maximum absolute atomic E-state index is 5.88. The monoisotopic (exact) mass is 321 g/mol. The number of hydrogen-bond acceptors (Lipinski definition) is 6. The Morgan fingerprint density at radius 3 is 2.88 bits per heavy atom. The second kappa shape index (κ2) is 5.84. The summed E-state index contributed by atoms with van der Waals surface area (Å²) in [6.07, 6.45) is 7.57. The van der Waals surface area contributed by atoms with Crippen molar-refractivity contribution < 1.29 is 0 Å². The smallest absolute Gasteiger partial charge is 0.213 e. The lowest BCUT2D eigenvalue weighted by Crippen LogP contribution is -2.07. The van der Waals surface area contributed by atoms with E-state index in [1.54, 1.807) is 12.5 Å². The Morgan fingerprint density at radius 1 is 1.17 bits per heavy atom. The van der Waals surface area contributed by atoms with Gasteiger partial charge < -0.3 is 16.4 Å². The summed E-state index contributed by atoms with van der Waals surface area (Å²) in [5, 5.41) is 6.71. The van der Waals surface area contributed by atoms with Crippen molar-refractivity contribution in [2.75, 3.05) is 16.4 Å². The molecule has 1 aliphatic rings. The first-order chi connectivity index (χ1) is 11.7. The molecule has 7 nitrogen and oxygen atoms in total. The fraction of sp³-hybridized carbons (Fsp3) is 0.235. The van der Waals surface area contributed by atoms with Crippen LogP contribution in [0.1, 0.15) is 18.4 Å². The van der Waals surface area contributed by atoms with E-state index < -0.39 is 0 Å². The molecule has 0 aliphatic heterocycles. The molecule has 2 heterocycles. The topological polar surface area (TPSA) is 93.7 Å². The van der Waals surface area contributed by atoms with Crippen LogP contribution in [0.4, 0.5) is 23.1 Å². The number of hydrogen-bond donors (Lipinski definition) is 3. The molecule has 1 aliphatic carbocycles. The third kappa shape index (κ3) is 3.01. The number of benzene rings is 1. The molecule has 0 amide bonds. The van der Waals surface area contributed by atoms with Crippen LogP contribution in [0.2, 0.25) is 0 Å². The maximum atomic E-state index is 5.88. The van der Waals surface area contributed by atoms with Gasteiger partial charge in [-0.2, -0.15) is 0 Å². The highest BCUT2D eigenvalue weighted by Crippen LogP contribution is 2.26. The van der Waals surface area contributed by atoms with Crippen LogP contribution in [0.3, 0.4) is 0 Å². The van der Waals surface area contributed by atoms with Crippen molar-refractivity contribution in [1.29, 1.82) is 0 Å². The largest absolute Gasteiger partial charge is 0.399 e. The lowest BCUT2D eigenvalue weighted by atomic mass is 10.2. The van der Waals surface area contributed by atoms with Crippen LogP contribution in [0.25, 0.3) is 5.82 Å². The van der Waals surface area contributed by atoms with Crippen LogP contribution < -0.4 is 16.4 Å². The fourth-order valence-electron chi connectivity index (χ4n) is 2.47. The van der Waals surface area contributed by atoms with Crippen LogP contribution in [0, 0.1) is 6.92 Å². The molecule has 4 rings (SSSR count). The van der Waals surface area contributed by atoms with Gasteiger partial charge in [0.2, 0.25) is 5.95 Å². The molecule has 0 bridgehead atoms. The normalized spacial score (nSPS) is 13.7. The minimum Gasteiger partial charge on any atom is -0.399 e. The zero-order chi connectivity index (χ0) is 16.5. The standard InChI is InChI=1S/C17H19N7/c1-11-2-3-12(18)8-14(11)23-17-19-6-7-24(17)16-9-15(20-10-21-16)22-13-4-5-13/h2-3,6-10,13H,4-5,18H2,1H3,(H,19,23)(H,20,21,22). The van der Waals surface area contributed by atoms with Crippen molar-refractivity contribution >= 4 is 23.1 Å². The number of anilines is 4. The lowest BCUT2D eigenvalue weighted by Gasteiger charge is -2.12. The molecule has 1 aromatic carbocycles. The summed E-state index contributed by atoms with van der Waals surface area (Å²) in [6.45, 7) is 2.03. The molecular weight excluding hydrogens is 302 g/mol. The summed E-state index contributed by atoms with van der Waals surface area (Å²) in [5.41, 5.74) is 8.61. The second-order valence-corrected chi connectivity index (χ2v) is 6.00. The molecule has 1 fully saturated rings. The third-order valence-corrected chi connectivity index (χ3v) is 3.98. The van der Waals surface area contributed by atoms with Crippen molar-refractivity contribution in [1.82, 2.24) is 19.5 Å². The Bertz CT molecular complexity index is 867. The molecule has 4 N–H and O–H groups in total. The molecule has 2 aromatic heterocycles. The van der Waals surface area contributed by atoms with E-state index in [1.165, 1.54) is 12.8 Å². The molecular formula is C17H19N7. The first kappa shape index (κ1) is 14.5. The first-order valence-electron chi connectivity index (χ1n) is 7.94. The second-order valence-electron chi connectivity index (χ2n) is 6.00. The Morgan fingerprint density at radius 2 is 2.04 bits per heavy atom. The van der Waals surface area contributed by atoms with Crippen LogP contribution in [-0.2, 0) is 0 Å². The van der Waals surface area contributed by atoms with E-state index in [0.717, 1.165) is 22.9 Å². The quantitative estimate of drug-likeness (QED) is 0.626. The highest BCUT2D eigenvalue weighted by atomic mass is 15.2. The third-order valence-electron chi connectivity index (χ3n) is 3.98. The molecule has 7 heteroatoms. The van der Waals surface area contributed by atoms with Gasteiger partial charge >= 0.3 is 0 Å².